The first-order valence-corrected chi connectivity index (χ1v) is 9.10. The molecule has 0 spiro atoms. The Morgan fingerprint density at radius 2 is 1.54 bits per heavy atom. The molecule has 4 nitrogen and oxygen atoms in total. The van der Waals surface area contributed by atoms with E-state index in [1.807, 2.05) is 61.5 Å². The number of esters is 1. The number of nitrogens with one attached hydrogen (secondary N) is 1. The molecule has 0 saturated heterocycles. The molecular formula is C22H27NO3. The largest absolute Gasteiger partial charge is 0.456 e. The van der Waals surface area contributed by atoms with E-state index in [0.29, 0.717) is 11.6 Å². The lowest BCUT2D eigenvalue weighted by molar-refractivity contribution is -0.147. The van der Waals surface area contributed by atoms with Crippen LogP contribution in [0.1, 0.15) is 56.6 Å². The molecule has 4 heteroatoms. The van der Waals surface area contributed by atoms with Crippen molar-refractivity contribution in [3.05, 3.63) is 65.7 Å². The molecule has 0 saturated carbocycles. The summed E-state index contributed by atoms with van der Waals surface area (Å²) in [5.41, 5.74) is 3.03. The van der Waals surface area contributed by atoms with Gasteiger partial charge in [0, 0.05) is 5.69 Å². The van der Waals surface area contributed by atoms with Gasteiger partial charge in [-0.3, -0.25) is 9.59 Å². The van der Waals surface area contributed by atoms with Crippen LogP contribution < -0.4 is 5.32 Å². The van der Waals surface area contributed by atoms with Crippen LogP contribution in [0, 0.1) is 0 Å². The molecule has 0 bridgehead atoms. The van der Waals surface area contributed by atoms with Crippen LogP contribution in [0.15, 0.2) is 54.6 Å². The van der Waals surface area contributed by atoms with Crippen LogP contribution in [0.3, 0.4) is 0 Å². The summed E-state index contributed by atoms with van der Waals surface area (Å²) in [6.07, 6.45) is 1.32. The molecule has 0 unspecified atom stereocenters. The number of carbonyl (C=O) groups excluding carboxylic acids is 2. The Bertz CT molecular complexity index is 710. The van der Waals surface area contributed by atoms with Crippen LogP contribution >= 0.6 is 0 Å². The summed E-state index contributed by atoms with van der Waals surface area (Å²) in [7, 11) is 0. The normalized spacial score (nSPS) is 12.9. The van der Waals surface area contributed by atoms with Gasteiger partial charge in [-0.15, -0.1) is 0 Å². The zero-order valence-corrected chi connectivity index (χ0v) is 15.7. The van der Waals surface area contributed by atoms with E-state index in [4.69, 9.17) is 4.74 Å². The van der Waals surface area contributed by atoms with E-state index in [1.165, 1.54) is 5.56 Å². The molecule has 0 heterocycles. The van der Waals surface area contributed by atoms with Crippen molar-refractivity contribution in [3.8, 4) is 0 Å². The maximum absolute atomic E-state index is 12.0. The number of carbonyl (C=O) groups is 2. The maximum Gasteiger partial charge on any atom is 0.306 e. The number of ether oxygens (including phenoxy) is 1. The minimum Gasteiger partial charge on any atom is -0.456 e. The van der Waals surface area contributed by atoms with Crippen LogP contribution in [0.5, 0.6) is 0 Å². The highest BCUT2D eigenvalue weighted by Crippen LogP contribution is 2.21. The Morgan fingerprint density at radius 1 is 0.923 bits per heavy atom. The molecule has 1 N–H and O–H groups in total. The molecule has 0 aliphatic carbocycles. The van der Waals surface area contributed by atoms with Crippen LogP contribution in [0.2, 0.25) is 0 Å². The van der Waals surface area contributed by atoms with Crippen molar-refractivity contribution in [1.29, 1.82) is 0 Å². The number of amides is 1. The molecule has 2 atom stereocenters. The third kappa shape index (κ3) is 6.03. The number of benzene rings is 2. The first-order chi connectivity index (χ1) is 12.5. The number of anilines is 1. The zero-order chi connectivity index (χ0) is 18.9. The maximum atomic E-state index is 12.0. The number of rotatable bonds is 8. The molecule has 138 valence electrons. The van der Waals surface area contributed by atoms with E-state index < -0.39 is 0 Å². The second-order valence-corrected chi connectivity index (χ2v) is 6.66. The Balaban J connectivity index is 1.76. The molecule has 2 aromatic carbocycles. The lowest BCUT2D eigenvalue weighted by Gasteiger charge is -2.12. The molecule has 1 amide bonds. The average molecular weight is 353 g/mol. The van der Waals surface area contributed by atoms with Crippen molar-refractivity contribution in [2.24, 2.45) is 0 Å². The Hall–Kier alpha value is -2.62. The lowest BCUT2D eigenvalue weighted by atomic mass is 9.98. The predicted octanol–water partition coefficient (Wildman–Crippen LogP) is 4.88. The SMILES string of the molecule is CC[C@@H](C)c1ccc(NC(=O)COC(=O)C[C@@H](C)c2ccccc2)cc1. The minimum atomic E-state index is -0.372. The van der Waals surface area contributed by atoms with Gasteiger partial charge in [0.1, 0.15) is 0 Å². The van der Waals surface area contributed by atoms with Gasteiger partial charge in [-0.2, -0.15) is 0 Å². The van der Waals surface area contributed by atoms with Crippen molar-refractivity contribution < 1.29 is 14.3 Å². The molecule has 0 fully saturated rings. The highest BCUT2D eigenvalue weighted by atomic mass is 16.5. The van der Waals surface area contributed by atoms with Gasteiger partial charge in [-0.1, -0.05) is 63.2 Å². The summed E-state index contributed by atoms with van der Waals surface area (Å²) in [6, 6.07) is 17.6. The van der Waals surface area contributed by atoms with Crippen LogP contribution in [-0.4, -0.2) is 18.5 Å². The van der Waals surface area contributed by atoms with Crippen LogP contribution in [0.4, 0.5) is 5.69 Å². The highest BCUT2D eigenvalue weighted by Gasteiger charge is 2.14. The molecule has 26 heavy (non-hydrogen) atoms. The summed E-state index contributed by atoms with van der Waals surface area (Å²) in [5.74, 6) is -0.155. The Labute approximate surface area is 155 Å². The van der Waals surface area contributed by atoms with E-state index in [9.17, 15) is 9.59 Å². The summed E-state index contributed by atoms with van der Waals surface area (Å²) < 4.78 is 5.10. The average Bonchev–Trinajstić information content (AvgIpc) is 2.67. The van der Waals surface area contributed by atoms with Gasteiger partial charge in [0.25, 0.3) is 5.91 Å². The highest BCUT2D eigenvalue weighted by molar-refractivity contribution is 5.92. The van der Waals surface area contributed by atoms with E-state index in [-0.39, 0.29) is 30.8 Å². The van der Waals surface area contributed by atoms with E-state index in [0.717, 1.165) is 12.0 Å². The van der Waals surface area contributed by atoms with Gasteiger partial charge < -0.3 is 10.1 Å². The van der Waals surface area contributed by atoms with Gasteiger partial charge >= 0.3 is 5.97 Å². The number of hydrogen-bond acceptors (Lipinski definition) is 3. The van der Waals surface area contributed by atoms with Crippen molar-refractivity contribution >= 4 is 17.6 Å². The zero-order valence-electron chi connectivity index (χ0n) is 15.7. The molecule has 0 radical (unpaired) electrons. The first kappa shape index (κ1) is 19.7. The summed E-state index contributed by atoms with van der Waals surface area (Å²) in [6.45, 7) is 6.01. The topological polar surface area (TPSA) is 55.4 Å². The molecule has 2 rings (SSSR count). The fraction of sp³-hybridized carbons (Fsp3) is 0.364. The Kier molecular flexibility index (Phi) is 7.39. The summed E-state index contributed by atoms with van der Waals surface area (Å²) >= 11 is 0. The van der Waals surface area contributed by atoms with E-state index in [1.54, 1.807) is 0 Å². The van der Waals surface area contributed by atoms with Gasteiger partial charge in [0.2, 0.25) is 0 Å². The molecular weight excluding hydrogens is 326 g/mol. The van der Waals surface area contributed by atoms with Gasteiger partial charge in [-0.25, -0.2) is 0 Å². The lowest BCUT2D eigenvalue weighted by Crippen LogP contribution is -2.21. The predicted molar refractivity (Wildman–Crippen MR) is 104 cm³/mol. The summed E-state index contributed by atoms with van der Waals surface area (Å²) in [5, 5.41) is 2.75. The fourth-order valence-corrected chi connectivity index (χ4v) is 2.68. The third-order valence-electron chi connectivity index (χ3n) is 4.58. The second-order valence-electron chi connectivity index (χ2n) is 6.66. The Morgan fingerprint density at radius 3 is 2.15 bits per heavy atom. The van der Waals surface area contributed by atoms with E-state index >= 15 is 0 Å². The van der Waals surface area contributed by atoms with E-state index in [2.05, 4.69) is 19.2 Å². The smallest absolute Gasteiger partial charge is 0.306 e. The van der Waals surface area contributed by atoms with Crippen molar-refractivity contribution in [3.63, 3.8) is 0 Å². The summed E-state index contributed by atoms with van der Waals surface area (Å²) in [4.78, 5) is 23.9. The first-order valence-electron chi connectivity index (χ1n) is 9.10. The third-order valence-corrected chi connectivity index (χ3v) is 4.58. The molecule has 0 aliphatic heterocycles. The van der Waals surface area contributed by atoms with Gasteiger partial charge in [0.15, 0.2) is 6.61 Å². The minimum absolute atomic E-state index is 0.0554. The van der Waals surface area contributed by atoms with Crippen molar-refractivity contribution in [2.75, 3.05) is 11.9 Å². The molecule has 0 aromatic heterocycles. The van der Waals surface area contributed by atoms with Crippen LogP contribution in [-0.2, 0) is 14.3 Å². The van der Waals surface area contributed by atoms with Gasteiger partial charge in [-0.05, 0) is 41.5 Å². The fourth-order valence-electron chi connectivity index (χ4n) is 2.68. The molecule has 0 aliphatic rings. The monoisotopic (exact) mass is 353 g/mol. The second kappa shape index (κ2) is 9.76. The van der Waals surface area contributed by atoms with Gasteiger partial charge in [0.05, 0.1) is 6.42 Å². The quantitative estimate of drug-likeness (QED) is 0.689. The standard InChI is InChI=1S/C22H27NO3/c1-4-16(2)19-10-12-20(13-11-19)23-21(24)15-26-22(25)14-17(3)18-8-6-5-7-9-18/h5-13,16-17H,4,14-15H2,1-3H3,(H,23,24)/t16-,17-/m1/s1. The molecule has 2 aromatic rings. The van der Waals surface area contributed by atoms with Crippen molar-refractivity contribution in [1.82, 2.24) is 0 Å². The number of hydrogen-bond donors (Lipinski definition) is 1. The van der Waals surface area contributed by atoms with Crippen LogP contribution in [0.25, 0.3) is 0 Å². The van der Waals surface area contributed by atoms with Crippen molar-refractivity contribution in [2.45, 2.75) is 45.4 Å².